The summed E-state index contributed by atoms with van der Waals surface area (Å²) in [6, 6.07) is 3.45. The smallest absolute Gasteiger partial charge is 0.340 e. The summed E-state index contributed by atoms with van der Waals surface area (Å²) < 4.78 is 14.6. The molecule has 3 atom stereocenters. The van der Waals surface area contributed by atoms with Crippen LogP contribution in [0.2, 0.25) is 0 Å². The molecule has 146 valence electrons. The SMILES string of the molecule is CC.CC(O)C(=O)Oc1ccc(OC(=O)C(C)O)c(OC(=O)C(C)O)c1. The van der Waals surface area contributed by atoms with E-state index in [1.807, 2.05) is 13.8 Å². The van der Waals surface area contributed by atoms with E-state index in [4.69, 9.17) is 24.4 Å². The molecule has 0 radical (unpaired) electrons. The third-order valence-corrected chi connectivity index (χ3v) is 2.58. The fourth-order valence-electron chi connectivity index (χ4n) is 1.30. The number of esters is 3. The van der Waals surface area contributed by atoms with Crippen LogP contribution >= 0.6 is 0 Å². The maximum atomic E-state index is 11.5. The van der Waals surface area contributed by atoms with Crippen LogP contribution in [0, 0.1) is 0 Å². The second kappa shape index (κ2) is 11.2. The van der Waals surface area contributed by atoms with Crippen molar-refractivity contribution in [3.63, 3.8) is 0 Å². The summed E-state index contributed by atoms with van der Waals surface area (Å²) in [5.74, 6) is -3.62. The number of rotatable bonds is 6. The van der Waals surface area contributed by atoms with E-state index in [-0.39, 0.29) is 17.2 Å². The van der Waals surface area contributed by atoms with Crippen LogP contribution in [0.5, 0.6) is 17.2 Å². The number of carbonyl (C=O) groups excluding carboxylic acids is 3. The lowest BCUT2D eigenvalue weighted by Gasteiger charge is -2.14. The molecule has 0 amide bonds. The van der Waals surface area contributed by atoms with E-state index in [9.17, 15) is 19.5 Å². The van der Waals surface area contributed by atoms with E-state index in [0.29, 0.717) is 0 Å². The Kier molecular flexibility index (Phi) is 10.1. The first-order chi connectivity index (χ1) is 12.1. The highest BCUT2D eigenvalue weighted by atomic mass is 16.6. The van der Waals surface area contributed by atoms with E-state index < -0.39 is 36.2 Å². The molecule has 1 rings (SSSR count). The normalized spacial score (nSPS) is 13.4. The van der Waals surface area contributed by atoms with Gasteiger partial charge in [-0.2, -0.15) is 0 Å². The van der Waals surface area contributed by atoms with Crippen LogP contribution in [0.4, 0.5) is 0 Å². The Bertz CT molecular complexity index is 621. The van der Waals surface area contributed by atoms with Crippen molar-refractivity contribution in [3.05, 3.63) is 18.2 Å². The first-order valence-corrected chi connectivity index (χ1v) is 7.95. The number of benzene rings is 1. The molecule has 0 heterocycles. The Morgan fingerprint density at radius 2 is 1.12 bits per heavy atom. The zero-order valence-electron chi connectivity index (χ0n) is 15.3. The second-order valence-electron chi connectivity index (χ2n) is 4.90. The Morgan fingerprint density at radius 3 is 1.54 bits per heavy atom. The van der Waals surface area contributed by atoms with Crippen molar-refractivity contribution in [2.75, 3.05) is 0 Å². The molecular weight excluding hydrogens is 348 g/mol. The molecule has 1 aromatic carbocycles. The minimum Gasteiger partial charge on any atom is -0.424 e. The van der Waals surface area contributed by atoms with Crippen molar-refractivity contribution >= 4 is 17.9 Å². The van der Waals surface area contributed by atoms with E-state index in [2.05, 4.69) is 0 Å². The van der Waals surface area contributed by atoms with Crippen molar-refractivity contribution in [3.8, 4) is 17.2 Å². The van der Waals surface area contributed by atoms with Crippen molar-refractivity contribution in [2.24, 2.45) is 0 Å². The molecule has 0 spiro atoms. The van der Waals surface area contributed by atoms with E-state index in [1.54, 1.807) is 0 Å². The van der Waals surface area contributed by atoms with E-state index >= 15 is 0 Å². The first-order valence-electron chi connectivity index (χ1n) is 7.95. The van der Waals surface area contributed by atoms with Gasteiger partial charge in [0.25, 0.3) is 0 Å². The number of aliphatic hydroxyl groups is 3. The maximum absolute atomic E-state index is 11.5. The number of hydrogen-bond acceptors (Lipinski definition) is 9. The molecule has 3 unspecified atom stereocenters. The highest BCUT2D eigenvalue weighted by molar-refractivity contribution is 5.80. The van der Waals surface area contributed by atoms with Crippen molar-refractivity contribution in [1.82, 2.24) is 0 Å². The van der Waals surface area contributed by atoms with Crippen molar-refractivity contribution in [2.45, 2.75) is 52.9 Å². The van der Waals surface area contributed by atoms with E-state index in [1.165, 1.54) is 26.8 Å². The van der Waals surface area contributed by atoms with Gasteiger partial charge in [-0.15, -0.1) is 0 Å². The van der Waals surface area contributed by atoms with Crippen LogP contribution < -0.4 is 14.2 Å². The van der Waals surface area contributed by atoms with Crippen LogP contribution in [0.25, 0.3) is 0 Å². The summed E-state index contributed by atoms with van der Waals surface area (Å²) in [4.78, 5) is 34.3. The molecular formula is C17H24O9. The van der Waals surface area contributed by atoms with Crippen LogP contribution in [-0.4, -0.2) is 51.5 Å². The third-order valence-electron chi connectivity index (χ3n) is 2.58. The predicted molar refractivity (Wildman–Crippen MR) is 89.7 cm³/mol. The maximum Gasteiger partial charge on any atom is 0.340 e. The Balaban J connectivity index is 0.00000301. The molecule has 26 heavy (non-hydrogen) atoms. The van der Waals surface area contributed by atoms with Gasteiger partial charge in [0.2, 0.25) is 0 Å². The van der Waals surface area contributed by atoms with Gasteiger partial charge >= 0.3 is 17.9 Å². The summed E-state index contributed by atoms with van der Waals surface area (Å²) in [5.41, 5.74) is 0. The molecule has 3 N–H and O–H groups in total. The minimum atomic E-state index is -1.45. The van der Waals surface area contributed by atoms with Crippen molar-refractivity contribution < 1.29 is 43.9 Å². The molecule has 9 heteroatoms. The largest absolute Gasteiger partial charge is 0.424 e. The molecule has 0 aliphatic heterocycles. The van der Waals surface area contributed by atoms with Gasteiger partial charge < -0.3 is 29.5 Å². The van der Waals surface area contributed by atoms with Gasteiger partial charge in [-0.3, -0.25) is 0 Å². The number of aliphatic hydroxyl groups excluding tert-OH is 3. The number of hydrogen-bond donors (Lipinski definition) is 3. The summed E-state index contributed by atoms with van der Waals surface area (Å²) in [7, 11) is 0. The van der Waals surface area contributed by atoms with Crippen molar-refractivity contribution in [1.29, 1.82) is 0 Å². The van der Waals surface area contributed by atoms with Gasteiger partial charge in [-0.1, -0.05) is 13.8 Å². The molecule has 0 aliphatic carbocycles. The summed E-state index contributed by atoms with van der Waals surface area (Å²) in [6.45, 7) is 7.55. The van der Waals surface area contributed by atoms with Crippen LogP contribution in [0.1, 0.15) is 34.6 Å². The monoisotopic (exact) mass is 372 g/mol. The highest BCUT2D eigenvalue weighted by Gasteiger charge is 2.21. The first kappa shape index (κ1) is 23.5. The lowest BCUT2D eigenvalue weighted by Crippen LogP contribution is -2.25. The molecule has 1 aromatic rings. The predicted octanol–water partition coefficient (Wildman–Crippen LogP) is 0.571. The van der Waals surface area contributed by atoms with Gasteiger partial charge in [-0.05, 0) is 32.9 Å². The second-order valence-corrected chi connectivity index (χ2v) is 4.90. The van der Waals surface area contributed by atoms with Crippen LogP contribution in [-0.2, 0) is 14.4 Å². The zero-order valence-corrected chi connectivity index (χ0v) is 15.3. The molecule has 0 saturated heterocycles. The Morgan fingerprint density at radius 1 is 0.731 bits per heavy atom. The van der Waals surface area contributed by atoms with Gasteiger partial charge in [-0.25, -0.2) is 14.4 Å². The molecule has 0 aromatic heterocycles. The highest BCUT2D eigenvalue weighted by Crippen LogP contribution is 2.32. The van der Waals surface area contributed by atoms with Gasteiger partial charge in [0, 0.05) is 6.07 Å². The fourth-order valence-corrected chi connectivity index (χ4v) is 1.30. The van der Waals surface area contributed by atoms with Crippen LogP contribution in [0.15, 0.2) is 18.2 Å². The molecule has 0 fully saturated rings. The van der Waals surface area contributed by atoms with E-state index in [0.717, 1.165) is 12.1 Å². The zero-order chi connectivity index (χ0) is 20.4. The van der Waals surface area contributed by atoms with Gasteiger partial charge in [0.1, 0.15) is 24.1 Å². The molecule has 0 saturated carbocycles. The number of ether oxygens (including phenoxy) is 3. The average molecular weight is 372 g/mol. The summed E-state index contributed by atoms with van der Waals surface area (Å²) >= 11 is 0. The lowest BCUT2D eigenvalue weighted by molar-refractivity contribution is -0.145. The third kappa shape index (κ3) is 7.60. The Labute approximate surface area is 151 Å². The molecule has 9 nitrogen and oxygen atoms in total. The van der Waals surface area contributed by atoms with Gasteiger partial charge in [0.05, 0.1) is 0 Å². The standard InChI is InChI=1S/C15H18O9.C2H6/c1-7(16)13(19)22-10-4-5-11(23-14(20)8(2)17)12(6-10)24-15(21)9(3)18;1-2/h4-9,16-18H,1-3H3;1-2H3. The topological polar surface area (TPSA) is 140 Å². The van der Waals surface area contributed by atoms with Gasteiger partial charge in [0.15, 0.2) is 11.5 Å². The Hall–Kier alpha value is -2.49. The molecule has 0 bridgehead atoms. The quantitative estimate of drug-likeness (QED) is 0.483. The molecule has 0 aliphatic rings. The fraction of sp³-hybridized carbons (Fsp3) is 0.471. The minimum absolute atomic E-state index is 0.0915. The van der Waals surface area contributed by atoms with Crippen LogP contribution in [0.3, 0.4) is 0 Å². The lowest BCUT2D eigenvalue weighted by atomic mass is 10.3. The summed E-state index contributed by atoms with van der Waals surface area (Å²) in [5, 5.41) is 27.5. The number of carbonyl (C=O) groups is 3. The summed E-state index contributed by atoms with van der Waals surface area (Å²) in [6.07, 6.45) is -4.24. The average Bonchev–Trinajstić information content (AvgIpc) is 2.58.